The molecule has 0 bridgehead atoms. The summed E-state index contributed by atoms with van der Waals surface area (Å²) in [6.07, 6.45) is 2.54. The van der Waals surface area contributed by atoms with Crippen molar-refractivity contribution >= 4 is 11.4 Å². The number of anilines is 1. The van der Waals surface area contributed by atoms with Crippen LogP contribution in [0.3, 0.4) is 0 Å². The van der Waals surface area contributed by atoms with Gasteiger partial charge in [-0.3, -0.25) is 10.1 Å². The Bertz CT molecular complexity index is 525. The molecule has 1 saturated heterocycles. The third-order valence-electron chi connectivity index (χ3n) is 3.85. The Labute approximate surface area is 122 Å². The van der Waals surface area contributed by atoms with Crippen molar-refractivity contribution in [2.45, 2.75) is 32.2 Å². The summed E-state index contributed by atoms with van der Waals surface area (Å²) >= 11 is 0. The first-order chi connectivity index (χ1) is 10.0. The van der Waals surface area contributed by atoms with Crippen LogP contribution >= 0.6 is 0 Å². The Morgan fingerprint density at radius 2 is 2.14 bits per heavy atom. The van der Waals surface area contributed by atoms with Gasteiger partial charge in [0.1, 0.15) is 11.5 Å². The lowest BCUT2D eigenvalue weighted by atomic mass is 10.1. The molecule has 1 aliphatic heterocycles. The van der Waals surface area contributed by atoms with Gasteiger partial charge in [0.05, 0.1) is 11.0 Å². The van der Waals surface area contributed by atoms with Crippen molar-refractivity contribution in [2.24, 2.45) is 0 Å². The van der Waals surface area contributed by atoms with E-state index in [-0.39, 0.29) is 11.7 Å². The molecule has 0 radical (unpaired) electrons. The Morgan fingerprint density at radius 1 is 1.38 bits per heavy atom. The molecule has 1 heterocycles. The van der Waals surface area contributed by atoms with Gasteiger partial charge in [-0.15, -0.1) is 0 Å². The van der Waals surface area contributed by atoms with Crippen molar-refractivity contribution in [1.29, 1.82) is 0 Å². The highest BCUT2D eigenvalue weighted by Crippen LogP contribution is 2.30. The zero-order valence-corrected chi connectivity index (χ0v) is 11.9. The monoisotopic (exact) mass is 299 g/mol. The quantitative estimate of drug-likeness (QED) is 0.685. The van der Waals surface area contributed by atoms with Crippen molar-refractivity contribution < 1.29 is 13.7 Å². The van der Waals surface area contributed by atoms with E-state index in [1.165, 1.54) is 0 Å². The lowest BCUT2D eigenvalue weighted by molar-refractivity contribution is -0.384. The number of nitrogens with one attached hydrogen (secondary N) is 1. The Morgan fingerprint density at radius 3 is 2.81 bits per heavy atom. The van der Waals surface area contributed by atoms with E-state index in [9.17, 15) is 18.9 Å². The van der Waals surface area contributed by atoms with Crippen LogP contribution in [0.2, 0.25) is 0 Å². The average Bonchev–Trinajstić information content (AvgIpc) is 2.66. The topological polar surface area (TPSA) is 58.4 Å². The molecule has 0 aliphatic carbocycles. The van der Waals surface area contributed by atoms with Crippen molar-refractivity contribution in [1.82, 2.24) is 4.90 Å². The first-order valence-electron chi connectivity index (χ1n) is 7.13. The number of benzene rings is 1. The van der Waals surface area contributed by atoms with Crippen LogP contribution in [0.5, 0.6) is 0 Å². The fraction of sp³-hybridized carbons (Fsp3) is 0.571. The van der Waals surface area contributed by atoms with Gasteiger partial charge in [-0.1, -0.05) is 6.92 Å². The van der Waals surface area contributed by atoms with Crippen LogP contribution in [-0.4, -0.2) is 35.5 Å². The summed E-state index contributed by atoms with van der Waals surface area (Å²) in [6, 6.07) is 1.38. The average molecular weight is 299 g/mol. The first kappa shape index (κ1) is 15.6. The molecule has 7 heteroatoms. The van der Waals surface area contributed by atoms with E-state index in [2.05, 4.69) is 17.1 Å². The van der Waals surface area contributed by atoms with Gasteiger partial charge in [0, 0.05) is 18.7 Å². The van der Waals surface area contributed by atoms with Gasteiger partial charge >= 0.3 is 0 Å². The minimum Gasteiger partial charge on any atom is -0.374 e. The smallest absolute Gasteiger partial charge is 0.298 e. The van der Waals surface area contributed by atoms with Crippen molar-refractivity contribution in [3.63, 3.8) is 0 Å². The van der Waals surface area contributed by atoms with E-state index in [4.69, 9.17) is 0 Å². The molecule has 1 atom stereocenters. The van der Waals surface area contributed by atoms with Gasteiger partial charge in [0.2, 0.25) is 0 Å². The van der Waals surface area contributed by atoms with Gasteiger partial charge in [-0.25, -0.2) is 8.78 Å². The predicted molar refractivity (Wildman–Crippen MR) is 76.4 cm³/mol. The number of nitro benzene ring substituents is 1. The van der Waals surface area contributed by atoms with Gasteiger partial charge in [0.25, 0.3) is 5.69 Å². The molecule has 1 N–H and O–H groups in total. The molecule has 21 heavy (non-hydrogen) atoms. The van der Waals surface area contributed by atoms with Crippen LogP contribution in [-0.2, 0) is 0 Å². The zero-order valence-electron chi connectivity index (χ0n) is 11.9. The van der Waals surface area contributed by atoms with E-state index < -0.39 is 22.2 Å². The summed E-state index contributed by atoms with van der Waals surface area (Å²) in [6.45, 7) is 4.88. The summed E-state index contributed by atoms with van der Waals surface area (Å²) < 4.78 is 27.0. The Kier molecular flexibility index (Phi) is 5.06. The van der Waals surface area contributed by atoms with Crippen LogP contribution in [0.4, 0.5) is 20.2 Å². The third-order valence-corrected chi connectivity index (χ3v) is 3.85. The molecule has 1 aromatic carbocycles. The lowest BCUT2D eigenvalue weighted by Gasteiger charge is -2.19. The van der Waals surface area contributed by atoms with Crippen LogP contribution in [0, 0.1) is 21.7 Å². The first-order valence-corrected chi connectivity index (χ1v) is 7.13. The summed E-state index contributed by atoms with van der Waals surface area (Å²) in [5.74, 6) is -1.86. The normalized spacial score (nSPS) is 20.0. The standard InChI is InChI=1S/C14H19F2N3O2/c1-2-18-6-3-4-11(5-7-18)17-14-12(16)8-10(15)9-13(14)19(20)21/h8-9,11,17H,2-7H2,1H3. The molecule has 5 nitrogen and oxygen atoms in total. The molecule has 1 fully saturated rings. The maximum Gasteiger partial charge on any atom is 0.298 e. The van der Waals surface area contributed by atoms with Gasteiger partial charge in [0.15, 0.2) is 5.82 Å². The van der Waals surface area contributed by atoms with E-state index in [0.29, 0.717) is 6.07 Å². The molecule has 1 aliphatic rings. The second-order valence-corrected chi connectivity index (χ2v) is 5.25. The number of likely N-dealkylation sites (tertiary alicyclic amines) is 1. The highest BCUT2D eigenvalue weighted by molar-refractivity contribution is 5.63. The molecular formula is C14H19F2N3O2. The molecule has 1 aromatic rings. The van der Waals surface area contributed by atoms with E-state index in [1.54, 1.807) is 0 Å². The summed E-state index contributed by atoms with van der Waals surface area (Å²) in [5.41, 5.74) is -0.763. The van der Waals surface area contributed by atoms with E-state index in [0.717, 1.165) is 45.0 Å². The van der Waals surface area contributed by atoms with Gasteiger partial charge in [-0.05, 0) is 32.4 Å². The van der Waals surface area contributed by atoms with Crippen LogP contribution in [0.25, 0.3) is 0 Å². The number of hydrogen-bond donors (Lipinski definition) is 1. The molecule has 0 saturated carbocycles. The number of rotatable bonds is 4. The molecule has 116 valence electrons. The molecule has 0 spiro atoms. The van der Waals surface area contributed by atoms with Crippen LogP contribution in [0.15, 0.2) is 12.1 Å². The second kappa shape index (κ2) is 6.80. The highest BCUT2D eigenvalue weighted by atomic mass is 19.1. The predicted octanol–water partition coefficient (Wildman–Crippen LogP) is 3.16. The van der Waals surface area contributed by atoms with Crippen molar-refractivity contribution in [3.05, 3.63) is 33.9 Å². The van der Waals surface area contributed by atoms with Crippen molar-refractivity contribution in [2.75, 3.05) is 25.0 Å². The third kappa shape index (κ3) is 3.87. The highest BCUT2D eigenvalue weighted by Gasteiger charge is 2.24. The summed E-state index contributed by atoms with van der Waals surface area (Å²) in [7, 11) is 0. The molecule has 1 unspecified atom stereocenters. The number of halogens is 2. The maximum absolute atomic E-state index is 13.9. The second-order valence-electron chi connectivity index (χ2n) is 5.25. The van der Waals surface area contributed by atoms with Gasteiger partial charge < -0.3 is 10.2 Å². The van der Waals surface area contributed by atoms with E-state index in [1.807, 2.05) is 0 Å². The fourth-order valence-electron chi connectivity index (χ4n) is 2.67. The fourth-order valence-corrected chi connectivity index (χ4v) is 2.67. The minimum atomic E-state index is -0.942. The minimum absolute atomic E-state index is 0.0415. The SMILES string of the molecule is CCN1CCCC(Nc2c(F)cc(F)cc2[N+](=O)[O-])CC1. The van der Waals surface area contributed by atoms with Crippen molar-refractivity contribution in [3.8, 4) is 0 Å². The van der Waals surface area contributed by atoms with Gasteiger partial charge in [-0.2, -0.15) is 0 Å². The summed E-state index contributed by atoms with van der Waals surface area (Å²) in [5, 5.41) is 13.9. The Balaban J connectivity index is 2.17. The molecule has 0 amide bonds. The van der Waals surface area contributed by atoms with Crippen LogP contribution < -0.4 is 5.32 Å². The number of hydrogen-bond acceptors (Lipinski definition) is 4. The zero-order chi connectivity index (χ0) is 15.4. The van der Waals surface area contributed by atoms with E-state index >= 15 is 0 Å². The van der Waals surface area contributed by atoms with Crippen LogP contribution in [0.1, 0.15) is 26.2 Å². The number of nitro groups is 1. The Hall–Kier alpha value is -1.76. The number of nitrogens with zero attached hydrogens (tertiary/aromatic N) is 2. The largest absolute Gasteiger partial charge is 0.374 e. The summed E-state index contributed by atoms with van der Waals surface area (Å²) in [4.78, 5) is 12.5. The lowest BCUT2D eigenvalue weighted by Crippen LogP contribution is -2.26. The molecule has 2 rings (SSSR count). The molecular weight excluding hydrogens is 280 g/mol. The maximum atomic E-state index is 13.9. The molecule has 0 aromatic heterocycles.